The van der Waals surface area contributed by atoms with Crippen LogP contribution < -0.4 is 5.73 Å². The minimum Gasteiger partial charge on any atom is -0.508 e. The van der Waals surface area contributed by atoms with Gasteiger partial charge in [0, 0.05) is 38.2 Å². The molecule has 3 N–H and O–H groups in total. The number of phenols is 1. The van der Waals surface area contributed by atoms with Crippen molar-refractivity contribution in [2.75, 3.05) is 32.7 Å². The minimum atomic E-state index is -0.0984. The molecule has 0 unspecified atom stereocenters. The summed E-state index contributed by atoms with van der Waals surface area (Å²) in [5, 5.41) is 9.54. The Morgan fingerprint density at radius 2 is 1.69 bits per heavy atom. The fraction of sp³-hybridized carbons (Fsp3) is 0.600. The van der Waals surface area contributed by atoms with Gasteiger partial charge in [-0.2, -0.15) is 0 Å². The molecule has 1 heterocycles. The third-order valence-electron chi connectivity index (χ3n) is 5.89. The van der Waals surface area contributed by atoms with E-state index in [0.717, 1.165) is 25.7 Å². The summed E-state index contributed by atoms with van der Waals surface area (Å²) >= 11 is 0. The smallest absolute Gasteiger partial charge is 0.254 e. The molecule has 1 aromatic rings. The quantitative estimate of drug-likeness (QED) is 0.860. The van der Waals surface area contributed by atoms with E-state index in [1.165, 1.54) is 12.5 Å². The van der Waals surface area contributed by atoms with Crippen LogP contribution in [0.25, 0.3) is 0 Å². The number of piperazine rings is 1. The summed E-state index contributed by atoms with van der Waals surface area (Å²) in [6.45, 7) is 2.74. The van der Waals surface area contributed by atoms with Crippen molar-refractivity contribution in [3.8, 4) is 5.75 Å². The highest BCUT2D eigenvalue weighted by Gasteiger charge is 2.35. The first kappa shape index (κ1) is 18.7. The van der Waals surface area contributed by atoms with Crippen LogP contribution in [-0.4, -0.2) is 59.4 Å². The second-order valence-electron chi connectivity index (χ2n) is 7.66. The number of rotatable bonds is 4. The summed E-state index contributed by atoms with van der Waals surface area (Å²) in [4.78, 5) is 28.9. The Labute approximate surface area is 155 Å². The zero-order valence-electron chi connectivity index (χ0n) is 15.3. The molecule has 1 aromatic carbocycles. The summed E-state index contributed by atoms with van der Waals surface area (Å²) in [6.07, 6.45) is 6.19. The van der Waals surface area contributed by atoms with E-state index in [1.54, 1.807) is 23.1 Å². The van der Waals surface area contributed by atoms with Crippen molar-refractivity contribution in [1.29, 1.82) is 0 Å². The van der Waals surface area contributed by atoms with Crippen LogP contribution in [0.4, 0.5) is 0 Å². The van der Waals surface area contributed by atoms with Gasteiger partial charge in [0.15, 0.2) is 0 Å². The van der Waals surface area contributed by atoms with E-state index >= 15 is 0 Å². The molecule has 2 aliphatic rings. The Balaban J connectivity index is 1.54. The molecule has 6 heteroatoms. The van der Waals surface area contributed by atoms with Crippen molar-refractivity contribution in [2.24, 2.45) is 11.1 Å². The van der Waals surface area contributed by atoms with Crippen LogP contribution in [0.5, 0.6) is 5.75 Å². The van der Waals surface area contributed by atoms with Crippen molar-refractivity contribution < 1.29 is 14.7 Å². The molecule has 1 aliphatic carbocycles. The Kier molecular flexibility index (Phi) is 5.81. The first-order valence-electron chi connectivity index (χ1n) is 9.59. The Bertz CT molecular complexity index is 647. The molecule has 0 spiro atoms. The second kappa shape index (κ2) is 8.08. The Morgan fingerprint density at radius 3 is 2.31 bits per heavy atom. The topological polar surface area (TPSA) is 86.9 Å². The van der Waals surface area contributed by atoms with Crippen molar-refractivity contribution in [3.63, 3.8) is 0 Å². The highest BCUT2D eigenvalue weighted by atomic mass is 16.3. The van der Waals surface area contributed by atoms with Crippen LogP contribution >= 0.6 is 0 Å². The predicted octanol–water partition coefficient (Wildman–Crippen LogP) is 1.98. The van der Waals surface area contributed by atoms with Gasteiger partial charge in [0.05, 0.1) is 0 Å². The third kappa shape index (κ3) is 4.18. The summed E-state index contributed by atoms with van der Waals surface area (Å²) in [7, 11) is 0. The monoisotopic (exact) mass is 359 g/mol. The lowest BCUT2D eigenvalue weighted by Crippen LogP contribution is -2.51. The van der Waals surface area contributed by atoms with Gasteiger partial charge in [-0.3, -0.25) is 9.59 Å². The number of aromatic hydroxyl groups is 1. The second-order valence-corrected chi connectivity index (χ2v) is 7.66. The molecule has 2 fully saturated rings. The maximum absolute atomic E-state index is 12.8. The summed E-state index contributed by atoms with van der Waals surface area (Å²) in [5.41, 5.74) is 6.47. The number of hydrogen-bond donors (Lipinski definition) is 2. The van der Waals surface area contributed by atoms with Crippen molar-refractivity contribution in [3.05, 3.63) is 29.8 Å². The van der Waals surface area contributed by atoms with Crippen LogP contribution in [0.2, 0.25) is 0 Å². The molecule has 1 saturated carbocycles. The van der Waals surface area contributed by atoms with Gasteiger partial charge >= 0.3 is 0 Å². The van der Waals surface area contributed by atoms with Gasteiger partial charge in [-0.25, -0.2) is 0 Å². The number of phenolic OH excluding ortho intramolecular Hbond substituents is 1. The average Bonchev–Trinajstić information content (AvgIpc) is 2.68. The van der Waals surface area contributed by atoms with Crippen molar-refractivity contribution in [2.45, 2.75) is 38.5 Å². The molecule has 6 nitrogen and oxygen atoms in total. The van der Waals surface area contributed by atoms with Crippen LogP contribution in [0, 0.1) is 5.41 Å². The lowest BCUT2D eigenvalue weighted by Gasteiger charge is -2.39. The van der Waals surface area contributed by atoms with E-state index in [-0.39, 0.29) is 23.0 Å². The van der Waals surface area contributed by atoms with Gasteiger partial charge in [0.1, 0.15) is 5.75 Å². The summed E-state index contributed by atoms with van der Waals surface area (Å²) in [6, 6.07) is 6.40. The van der Waals surface area contributed by atoms with E-state index in [0.29, 0.717) is 44.7 Å². The van der Waals surface area contributed by atoms with E-state index in [1.807, 2.05) is 4.90 Å². The van der Waals surface area contributed by atoms with Gasteiger partial charge in [0.25, 0.3) is 5.91 Å². The maximum Gasteiger partial charge on any atom is 0.254 e. The Hall–Kier alpha value is -2.08. The standard InChI is InChI=1S/C20H29N3O3/c21-15-20(7-2-1-3-8-20)14-18(25)22-9-11-23(12-10-22)19(26)16-5-4-6-17(24)13-16/h4-6,13,24H,1-3,7-12,14-15,21H2. The molecule has 0 radical (unpaired) electrons. The van der Waals surface area contributed by atoms with Crippen LogP contribution in [0.3, 0.4) is 0 Å². The highest BCUT2D eigenvalue weighted by molar-refractivity contribution is 5.94. The van der Waals surface area contributed by atoms with Crippen molar-refractivity contribution >= 4 is 11.8 Å². The largest absolute Gasteiger partial charge is 0.508 e. The molecule has 0 aromatic heterocycles. The van der Waals surface area contributed by atoms with Crippen LogP contribution in [0.1, 0.15) is 48.9 Å². The van der Waals surface area contributed by atoms with Gasteiger partial charge in [0.2, 0.25) is 5.91 Å². The molecule has 26 heavy (non-hydrogen) atoms. The SMILES string of the molecule is NCC1(CC(=O)N2CCN(C(=O)c3cccc(O)c3)CC2)CCCCC1. The number of carbonyl (C=O) groups excluding carboxylic acids is 2. The number of carbonyl (C=O) groups is 2. The average molecular weight is 359 g/mol. The molecule has 1 saturated heterocycles. The molecular weight excluding hydrogens is 330 g/mol. The molecular formula is C20H29N3O3. The zero-order chi connectivity index (χ0) is 18.6. The van der Waals surface area contributed by atoms with E-state index in [9.17, 15) is 14.7 Å². The van der Waals surface area contributed by atoms with Gasteiger partial charge < -0.3 is 20.6 Å². The van der Waals surface area contributed by atoms with E-state index in [4.69, 9.17) is 5.73 Å². The maximum atomic E-state index is 12.8. The zero-order valence-corrected chi connectivity index (χ0v) is 15.3. The van der Waals surface area contributed by atoms with Gasteiger partial charge in [-0.05, 0) is 43.0 Å². The molecule has 0 bridgehead atoms. The van der Waals surface area contributed by atoms with Crippen molar-refractivity contribution in [1.82, 2.24) is 9.80 Å². The minimum absolute atomic E-state index is 0.0240. The highest BCUT2D eigenvalue weighted by Crippen LogP contribution is 2.38. The van der Waals surface area contributed by atoms with E-state index < -0.39 is 0 Å². The third-order valence-corrected chi connectivity index (χ3v) is 5.89. The molecule has 3 rings (SSSR count). The van der Waals surface area contributed by atoms with Gasteiger partial charge in [-0.15, -0.1) is 0 Å². The fourth-order valence-corrected chi connectivity index (χ4v) is 4.17. The number of nitrogens with two attached hydrogens (primary N) is 1. The number of amides is 2. The van der Waals surface area contributed by atoms with Crippen LogP contribution in [-0.2, 0) is 4.79 Å². The normalized spacial score (nSPS) is 20.0. The lowest BCUT2D eigenvalue weighted by molar-refractivity contribution is -0.135. The summed E-state index contributed by atoms with van der Waals surface area (Å²) in [5.74, 6) is 0.157. The summed E-state index contributed by atoms with van der Waals surface area (Å²) < 4.78 is 0. The predicted molar refractivity (Wildman–Crippen MR) is 99.8 cm³/mol. The fourth-order valence-electron chi connectivity index (χ4n) is 4.17. The lowest BCUT2D eigenvalue weighted by atomic mass is 9.71. The number of nitrogens with zero attached hydrogens (tertiary/aromatic N) is 2. The molecule has 0 atom stereocenters. The molecule has 1 aliphatic heterocycles. The van der Waals surface area contributed by atoms with Gasteiger partial charge in [-0.1, -0.05) is 25.3 Å². The first-order valence-corrected chi connectivity index (χ1v) is 9.59. The number of benzene rings is 1. The Morgan fingerprint density at radius 1 is 1.04 bits per heavy atom. The van der Waals surface area contributed by atoms with Crippen LogP contribution in [0.15, 0.2) is 24.3 Å². The molecule has 142 valence electrons. The molecule has 2 amide bonds. The van der Waals surface area contributed by atoms with E-state index in [2.05, 4.69) is 0 Å². The first-order chi connectivity index (χ1) is 12.5. The number of hydrogen-bond acceptors (Lipinski definition) is 4.